The van der Waals surface area contributed by atoms with Gasteiger partial charge in [-0.2, -0.15) is 0 Å². The third-order valence-electron chi connectivity index (χ3n) is 2.79. The number of nitro benzene ring substituents is 1. The summed E-state index contributed by atoms with van der Waals surface area (Å²) in [6.07, 6.45) is 0.935. The number of nitro groups is 1. The average Bonchev–Trinajstić information content (AvgIpc) is 2.35. The van der Waals surface area contributed by atoms with E-state index in [1.807, 2.05) is 0 Å². The van der Waals surface area contributed by atoms with Crippen LogP contribution in [0.5, 0.6) is 5.75 Å². The molecule has 1 rings (SSSR count). The zero-order valence-corrected chi connectivity index (χ0v) is 12.0. The first kappa shape index (κ1) is 14.7. The summed E-state index contributed by atoms with van der Waals surface area (Å²) in [5, 5.41) is 10.5. The molecule has 1 aromatic carbocycles. The topological polar surface area (TPSA) is 61.6 Å². The molecule has 0 spiro atoms. The van der Waals surface area contributed by atoms with E-state index in [2.05, 4.69) is 13.1 Å². The summed E-state index contributed by atoms with van der Waals surface area (Å²) < 4.78 is 11.0. The smallest absolute Gasteiger partial charge is 0.269 e. The zero-order chi connectivity index (χ0) is 13.6. The quantitative estimate of drug-likeness (QED) is 0.330. The van der Waals surface area contributed by atoms with Crippen molar-refractivity contribution in [2.75, 3.05) is 13.7 Å². The van der Waals surface area contributed by atoms with Crippen LogP contribution >= 0.6 is 0 Å². The van der Waals surface area contributed by atoms with Crippen LogP contribution < -0.4 is 4.74 Å². The number of hydrogen-bond donors (Lipinski definition) is 0. The summed E-state index contributed by atoms with van der Waals surface area (Å²) in [5.74, 6) is 0.664. The Balaban J connectivity index is 2.34. The number of ether oxygens (including phenoxy) is 1. The molecule has 0 aliphatic carbocycles. The molecular weight excluding hydrogens is 250 g/mol. The van der Waals surface area contributed by atoms with E-state index in [1.165, 1.54) is 12.1 Å². The Kier molecular flexibility index (Phi) is 5.30. The van der Waals surface area contributed by atoms with Crippen LogP contribution in [0.4, 0.5) is 5.69 Å². The summed E-state index contributed by atoms with van der Waals surface area (Å²) in [6.45, 7) is 4.94. The van der Waals surface area contributed by atoms with E-state index in [9.17, 15) is 10.1 Å². The third kappa shape index (κ3) is 4.85. The van der Waals surface area contributed by atoms with E-state index < -0.39 is 13.2 Å². The molecule has 1 aromatic rings. The molecule has 0 radical (unpaired) electrons. The van der Waals surface area contributed by atoms with Crippen LogP contribution in [0, 0.1) is 10.1 Å². The Morgan fingerprint density at radius 1 is 1.28 bits per heavy atom. The van der Waals surface area contributed by atoms with Gasteiger partial charge in [0.25, 0.3) is 5.69 Å². The van der Waals surface area contributed by atoms with Crippen LogP contribution in [0.3, 0.4) is 0 Å². The van der Waals surface area contributed by atoms with Crippen molar-refractivity contribution in [3.05, 3.63) is 34.4 Å². The van der Waals surface area contributed by atoms with E-state index in [0.29, 0.717) is 12.4 Å². The second kappa shape index (κ2) is 6.51. The van der Waals surface area contributed by atoms with Gasteiger partial charge >= 0.3 is 0 Å². The molecule has 6 heteroatoms. The molecule has 18 heavy (non-hydrogen) atoms. The standard InChI is InChI=1S/C12H19NO4Si/c1-16-18(2,3)10-4-9-17-12-7-5-11(6-8-12)13(14)15/h5-8H,4,9-10H2,1-3H3. The largest absolute Gasteiger partial charge is 0.494 e. The molecule has 0 atom stereocenters. The van der Waals surface area contributed by atoms with E-state index in [4.69, 9.17) is 9.16 Å². The molecular formula is C12H19NO4Si. The van der Waals surface area contributed by atoms with Crippen molar-refractivity contribution < 1.29 is 14.1 Å². The second-order valence-electron chi connectivity index (χ2n) is 4.67. The van der Waals surface area contributed by atoms with Crippen LogP contribution in [0.2, 0.25) is 19.1 Å². The lowest BCUT2D eigenvalue weighted by Crippen LogP contribution is -2.28. The molecule has 0 heterocycles. The van der Waals surface area contributed by atoms with Gasteiger partial charge in [-0.25, -0.2) is 0 Å². The van der Waals surface area contributed by atoms with Gasteiger partial charge < -0.3 is 9.16 Å². The predicted molar refractivity (Wildman–Crippen MR) is 72.5 cm³/mol. The molecule has 0 saturated carbocycles. The third-order valence-corrected chi connectivity index (χ3v) is 5.45. The van der Waals surface area contributed by atoms with Gasteiger partial charge in [-0.15, -0.1) is 0 Å². The number of nitrogens with zero attached hydrogens (tertiary/aromatic N) is 1. The lowest BCUT2D eigenvalue weighted by molar-refractivity contribution is -0.384. The van der Waals surface area contributed by atoms with Gasteiger partial charge in [0.2, 0.25) is 0 Å². The fraction of sp³-hybridized carbons (Fsp3) is 0.500. The fourth-order valence-corrected chi connectivity index (χ4v) is 2.65. The van der Waals surface area contributed by atoms with Crippen molar-refractivity contribution in [3.8, 4) is 5.75 Å². The fourth-order valence-electron chi connectivity index (χ4n) is 1.45. The van der Waals surface area contributed by atoms with Crippen molar-refractivity contribution in [1.29, 1.82) is 0 Å². The zero-order valence-electron chi connectivity index (χ0n) is 11.0. The van der Waals surface area contributed by atoms with Crippen molar-refractivity contribution in [2.45, 2.75) is 25.6 Å². The van der Waals surface area contributed by atoms with Gasteiger partial charge in [-0.3, -0.25) is 10.1 Å². The Morgan fingerprint density at radius 3 is 2.39 bits per heavy atom. The minimum Gasteiger partial charge on any atom is -0.494 e. The van der Waals surface area contributed by atoms with E-state index in [0.717, 1.165) is 12.5 Å². The highest BCUT2D eigenvalue weighted by atomic mass is 28.4. The molecule has 0 N–H and O–H groups in total. The lowest BCUT2D eigenvalue weighted by atomic mass is 10.3. The first-order chi connectivity index (χ1) is 8.44. The molecule has 0 amide bonds. The SMILES string of the molecule is CO[Si](C)(C)CCCOc1ccc([N+](=O)[O-])cc1. The number of non-ortho nitro benzene ring substituents is 1. The summed E-state index contributed by atoms with van der Waals surface area (Å²) in [7, 11) is 0.245. The molecule has 0 saturated heterocycles. The first-order valence-electron chi connectivity index (χ1n) is 5.87. The highest BCUT2D eigenvalue weighted by molar-refractivity contribution is 6.71. The minimum atomic E-state index is -1.51. The van der Waals surface area contributed by atoms with Crippen LogP contribution in [-0.2, 0) is 4.43 Å². The van der Waals surface area contributed by atoms with Crippen molar-refractivity contribution in [2.24, 2.45) is 0 Å². The summed E-state index contributed by atoms with van der Waals surface area (Å²) in [4.78, 5) is 10.1. The van der Waals surface area contributed by atoms with Crippen LogP contribution in [-0.4, -0.2) is 27.0 Å². The molecule has 0 aliphatic heterocycles. The molecule has 0 unspecified atom stereocenters. The van der Waals surface area contributed by atoms with Gasteiger partial charge in [0.15, 0.2) is 8.32 Å². The first-order valence-corrected chi connectivity index (χ1v) is 8.98. The van der Waals surface area contributed by atoms with Gasteiger partial charge in [-0.1, -0.05) is 0 Å². The van der Waals surface area contributed by atoms with Gasteiger partial charge in [0.1, 0.15) is 5.75 Å². The predicted octanol–water partition coefficient (Wildman–Crippen LogP) is 3.22. The lowest BCUT2D eigenvalue weighted by Gasteiger charge is -2.19. The van der Waals surface area contributed by atoms with Crippen LogP contribution in [0.15, 0.2) is 24.3 Å². The Labute approximate surface area is 108 Å². The normalized spacial score (nSPS) is 11.3. The van der Waals surface area contributed by atoms with Gasteiger partial charge in [-0.05, 0) is 37.7 Å². The molecule has 0 fully saturated rings. The minimum absolute atomic E-state index is 0.0790. The monoisotopic (exact) mass is 269 g/mol. The van der Waals surface area contributed by atoms with Crippen molar-refractivity contribution >= 4 is 14.0 Å². The van der Waals surface area contributed by atoms with E-state index in [-0.39, 0.29) is 5.69 Å². The summed E-state index contributed by atoms with van der Waals surface area (Å²) in [6, 6.07) is 7.18. The van der Waals surface area contributed by atoms with E-state index >= 15 is 0 Å². The summed E-state index contributed by atoms with van der Waals surface area (Å²) in [5.41, 5.74) is 0.0790. The maximum Gasteiger partial charge on any atom is 0.269 e. The maximum absolute atomic E-state index is 10.5. The average molecular weight is 269 g/mol. The second-order valence-corrected chi connectivity index (χ2v) is 9.09. The molecule has 0 aromatic heterocycles. The number of benzene rings is 1. The molecule has 0 bridgehead atoms. The Hall–Kier alpha value is -1.40. The highest BCUT2D eigenvalue weighted by Gasteiger charge is 2.19. The van der Waals surface area contributed by atoms with E-state index in [1.54, 1.807) is 19.2 Å². The van der Waals surface area contributed by atoms with Crippen molar-refractivity contribution in [1.82, 2.24) is 0 Å². The number of rotatable bonds is 7. The Bertz CT molecular complexity index is 392. The van der Waals surface area contributed by atoms with Crippen LogP contribution in [0.1, 0.15) is 6.42 Å². The highest BCUT2D eigenvalue weighted by Crippen LogP contribution is 2.18. The Morgan fingerprint density at radius 2 is 1.89 bits per heavy atom. The van der Waals surface area contributed by atoms with Crippen molar-refractivity contribution in [3.63, 3.8) is 0 Å². The maximum atomic E-state index is 10.5. The van der Waals surface area contributed by atoms with Gasteiger partial charge in [0, 0.05) is 19.2 Å². The molecule has 100 valence electrons. The molecule has 5 nitrogen and oxygen atoms in total. The van der Waals surface area contributed by atoms with Gasteiger partial charge in [0.05, 0.1) is 11.5 Å². The summed E-state index contributed by atoms with van der Waals surface area (Å²) >= 11 is 0. The van der Waals surface area contributed by atoms with Crippen LogP contribution in [0.25, 0.3) is 0 Å². The molecule has 0 aliphatic rings. The number of hydrogen-bond acceptors (Lipinski definition) is 4.